The van der Waals surface area contributed by atoms with Crippen molar-refractivity contribution in [2.75, 3.05) is 18.5 Å². The van der Waals surface area contributed by atoms with Gasteiger partial charge in [-0.25, -0.2) is 8.78 Å². The summed E-state index contributed by atoms with van der Waals surface area (Å²) in [6.45, 7) is 11.4. The smallest absolute Gasteiger partial charge is 0.149 e. The summed E-state index contributed by atoms with van der Waals surface area (Å²) in [4.78, 5) is 1.68. The van der Waals surface area contributed by atoms with Crippen LogP contribution in [0.25, 0.3) is 0 Å². The van der Waals surface area contributed by atoms with E-state index in [1.807, 2.05) is 13.8 Å². The van der Waals surface area contributed by atoms with Gasteiger partial charge in [0.15, 0.2) is 0 Å². The van der Waals surface area contributed by atoms with Gasteiger partial charge in [-0.15, -0.1) is 0 Å². The van der Waals surface area contributed by atoms with E-state index < -0.39 is 11.6 Å². The standard InChI is InChI=1S/C16H26F2N2/c1-7-19-10-12-8-13(17)15(14(18)9-12)20(6)11(2)16(3,4)5/h8-9,11,19H,7,10H2,1-6H3. The molecule has 0 saturated heterocycles. The molecule has 1 aromatic carbocycles. The number of rotatable bonds is 5. The normalized spacial score (nSPS) is 13.4. The average molecular weight is 284 g/mol. The molecular formula is C16H26F2N2. The molecule has 4 heteroatoms. The molecule has 0 aliphatic rings. The van der Waals surface area contributed by atoms with Gasteiger partial charge >= 0.3 is 0 Å². The lowest BCUT2D eigenvalue weighted by Crippen LogP contribution is -2.40. The molecule has 1 N–H and O–H groups in total. The number of anilines is 1. The predicted octanol–water partition coefficient (Wildman–Crippen LogP) is 3.95. The Morgan fingerprint density at radius 3 is 2.10 bits per heavy atom. The average Bonchev–Trinajstić information content (AvgIpc) is 2.33. The maximum Gasteiger partial charge on any atom is 0.149 e. The molecule has 0 amide bonds. The van der Waals surface area contributed by atoms with Gasteiger partial charge in [-0.2, -0.15) is 0 Å². The van der Waals surface area contributed by atoms with Crippen LogP contribution in [0.5, 0.6) is 0 Å². The lowest BCUT2D eigenvalue weighted by molar-refractivity contribution is 0.326. The minimum atomic E-state index is -0.503. The van der Waals surface area contributed by atoms with Crippen molar-refractivity contribution in [3.8, 4) is 0 Å². The molecule has 0 heterocycles. The Hall–Kier alpha value is -1.16. The van der Waals surface area contributed by atoms with Crippen molar-refractivity contribution >= 4 is 5.69 Å². The van der Waals surface area contributed by atoms with E-state index in [4.69, 9.17) is 0 Å². The minimum absolute atomic E-state index is 0.0196. The third kappa shape index (κ3) is 3.92. The first-order chi connectivity index (χ1) is 9.18. The largest absolute Gasteiger partial charge is 0.367 e. The summed E-state index contributed by atoms with van der Waals surface area (Å²) >= 11 is 0. The first-order valence-electron chi connectivity index (χ1n) is 7.10. The zero-order valence-electron chi connectivity index (χ0n) is 13.3. The molecule has 0 spiro atoms. The van der Waals surface area contributed by atoms with Gasteiger partial charge in [0.2, 0.25) is 0 Å². The van der Waals surface area contributed by atoms with Crippen molar-refractivity contribution in [1.29, 1.82) is 0 Å². The van der Waals surface area contributed by atoms with Crippen molar-refractivity contribution in [3.05, 3.63) is 29.3 Å². The van der Waals surface area contributed by atoms with E-state index in [9.17, 15) is 8.78 Å². The summed E-state index contributed by atoms with van der Waals surface area (Å²) in [5, 5.41) is 3.07. The Morgan fingerprint density at radius 1 is 1.20 bits per heavy atom. The molecule has 0 aliphatic heterocycles. The van der Waals surface area contributed by atoms with Crippen LogP contribution in [0.2, 0.25) is 0 Å². The molecule has 1 rings (SSSR count). The summed E-state index contributed by atoms with van der Waals surface area (Å²) in [7, 11) is 1.74. The first-order valence-corrected chi connectivity index (χ1v) is 7.10. The van der Waals surface area contributed by atoms with Crippen LogP contribution in [-0.2, 0) is 6.54 Å². The maximum atomic E-state index is 14.2. The Balaban J connectivity index is 3.07. The molecule has 1 unspecified atom stereocenters. The predicted molar refractivity (Wildman–Crippen MR) is 81.1 cm³/mol. The van der Waals surface area contributed by atoms with Crippen LogP contribution in [0.4, 0.5) is 14.5 Å². The minimum Gasteiger partial charge on any atom is -0.367 e. The highest BCUT2D eigenvalue weighted by molar-refractivity contribution is 5.51. The van der Waals surface area contributed by atoms with Gasteiger partial charge in [0.25, 0.3) is 0 Å². The molecule has 0 radical (unpaired) electrons. The zero-order valence-corrected chi connectivity index (χ0v) is 13.3. The van der Waals surface area contributed by atoms with Gasteiger partial charge in [-0.3, -0.25) is 0 Å². The van der Waals surface area contributed by atoms with Crippen molar-refractivity contribution < 1.29 is 8.78 Å². The molecular weight excluding hydrogens is 258 g/mol. The Morgan fingerprint density at radius 2 is 1.70 bits per heavy atom. The lowest BCUT2D eigenvalue weighted by Gasteiger charge is -2.37. The SMILES string of the molecule is CCNCc1cc(F)c(N(C)C(C)C(C)(C)C)c(F)c1. The van der Waals surface area contributed by atoms with E-state index in [0.29, 0.717) is 12.1 Å². The van der Waals surface area contributed by atoms with Crippen LogP contribution in [-0.4, -0.2) is 19.6 Å². The van der Waals surface area contributed by atoms with Crippen LogP contribution in [0.15, 0.2) is 12.1 Å². The van der Waals surface area contributed by atoms with Crippen LogP contribution in [0, 0.1) is 17.0 Å². The van der Waals surface area contributed by atoms with E-state index in [-0.39, 0.29) is 17.1 Å². The Bertz CT molecular complexity index is 429. The monoisotopic (exact) mass is 284 g/mol. The van der Waals surface area contributed by atoms with Crippen molar-refractivity contribution in [2.24, 2.45) is 5.41 Å². The van der Waals surface area contributed by atoms with Gasteiger partial charge in [0.1, 0.15) is 17.3 Å². The first kappa shape index (κ1) is 16.9. The number of benzene rings is 1. The van der Waals surface area contributed by atoms with Crippen LogP contribution in [0.3, 0.4) is 0 Å². The fraction of sp³-hybridized carbons (Fsp3) is 0.625. The highest BCUT2D eigenvalue weighted by atomic mass is 19.1. The molecule has 114 valence electrons. The van der Waals surface area contributed by atoms with Crippen molar-refractivity contribution in [1.82, 2.24) is 5.32 Å². The van der Waals surface area contributed by atoms with Gasteiger partial charge in [0.05, 0.1) is 0 Å². The number of hydrogen-bond donors (Lipinski definition) is 1. The number of hydrogen-bond acceptors (Lipinski definition) is 2. The molecule has 20 heavy (non-hydrogen) atoms. The topological polar surface area (TPSA) is 15.3 Å². The fourth-order valence-electron chi connectivity index (χ4n) is 2.10. The molecule has 1 atom stereocenters. The van der Waals surface area contributed by atoms with E-state index in [2.05, 4.69) is 26.1 Å². The van der Waals surface area contributed by atoms with E-state index >= 15 is 0 Å². The van der Waals surface area contributed by atoms with Crippen LogP contribution >= 0.6 is 0 Å². The molecule has 0 aromatic heterocycles. The molecule has 0 bridgehead atoms. The number of halogens is 2. The fourth-order valence-corrected chi connectivity index (χ4v) is 2.10. The third-order valence-electron chi connectivity index (χ3n) is 3.84. The summed E-state index contributed by atoms with van der Waals surface area (Å²) in [5.74, 6) is -1.01. The highest BCUT2D eigenvalue weighted by Crippen LogP contribution is 2.31. The van der Waals surface area contributed by atoms with Crippen molar-refractivity contribution in [2.45, 2.75) is 47.2 Å². The summed E-state index contributed by atoms with van der Waals surface area (Å²) in [6.07, 6.45) is 0. The van der Waals surface area contributed by atoms with Crippen LogP contribution in [0.1, 0.15) is 40.2 Å². The molecule has 1 aromatic rings. The highest BCUT2D eigenvalue weighted by Gasteiger charge is 2.27. The zero-order chi connectivity index (χ0) is 15.5. The molecule has 0 aliphatic carbocycles. The van der Waals surface area contributed by atoms with Gasteiger partial charge in [-0.1, -0.05) is 27.7 Å². The van der Waals surface area contributed by atoms with Gasteiger partial charge in [-0.05, 0) is 36.6 Å². The number of nitrogens with one attached hydrogen (secondary N) is 1. The van der Waals surface area contributed by atoms with E-state index in [0.717, 1.165) is 6.54 Å². The van der Waals surface area contributed by atoms with E-state index in [1.165, 1.54) is 12.1 Å². The van der Waals surface area contributed by atoms with E-state index in [1.54, 1.807) is 11.9 Å². The van der Waals surface area contributed by atoms with Crippen molar-refractivity contribution in [3.63, 3.8) is 0 Å². The van der Waals surface area contributed by atoms with Gasteiger partial charge in [0, 0.05) is 19.6 Å². The molecule has 2 nitrogen and oxygen atoms in total. The summed E-state index contributed by atoms with van der Waals surface area (Å²) < 4.78 is 28.5. The third-order valence-corrected chi connectivity index (χ3v) is 3.84. The molecule has 0 fully saturated rings. The van der Waals surface area contributed by atoms with Crippen LogP contribution < -0.4 is 10.2 Å². The Kier molecular flexibility index (Phi) is 5.51. The Labute approximate surface area is 121 Å². The summed E-state index contributed by atoms with van der Waals surface area (Å²) in [5.41, 5.74) is 0.617. The second-order valence-electron chi connectivity index (χ2n) is 6.34. The molecule has 0 saturated carbocycles. The lowest BCUT2D eigenvalue weighted by atomic mass is 9.87. The second kappa shape index (κ2) is 6.53. The quantitative estimate of drug-likeness (QED) is 0.881. The number of nitrogens with zero attached hydrogens (tertiary/aromatic N) is 1. The summed E-state index contributed by atoms with van der Waals surface area (Å²) in [6, 6.07) is 2.84. The second-order valence-corrected chi connectivity index (χ2v) is 6.34. The maximum absolute atomic E-state index is 14.2. The van der Waals surface area contributed by atoms with Gasteiger partial charge < -0.3 is 10.2 Å².